The highest BCUT2D eigenvalue weighted by atomic mass is 15.1. The summed E-state index contributed by atoms with van der Waals surface area (Å²) < 4.78 is 0. The molecular weight excluding hydrogens is 210 g/mol. The van der Waals surface area contributed by atoms with E-state index < -0.39 is 0 Å². The van der Waals surface area contributed by atoms with Crippen LogP contribution in [0, 0.1) is 6.92 Å². The van der Waals surface area contributed by atoms with Crippen LogP contribution in [0.5, 0.6) is 0 Å². The zero-order valence-corrected chi connectivity index (χ0v) is 10.3. The number of anilines is 1. The molecule has 0 unspecified atom stereocenters. The van der Waals surface area contributed by atoms with Crippen molar-refractivity contribution in [2.75, 3.05) is 5.32 Å². The van der Waals surface area contributed by atoms with Gasteiger partial charge in [0.25, 0.3) is 0 Å². The topological polar surface area (TPSA) is 37.8 Å². The zero-order chi connectivity index (χ0) is 11.9. The Morgan fingerprint density at radius 2 is 1.76 bits per heavy atom. The SMILES string of the molecule is Cc1nc2ccccc2nc1NC1(C)CCC1. The molecule has 3 rings (SSSR count). The molecule has 0 saturated heterocycles. The Morgan fingerprint density at radius 1 is 1.12 bits per heavy atom. The highest BCUT2D eigenvalue weighted by Gasteiger charge is 2.32. The fourth-order valence-corrected chi connectivity index (χ4v) is 2.32. The van der Waals surface area contributed by atoms with E-state index in [1.54, 1.807) is 0 Å². The van der Waals surface area contributed by atoms with E-state index in [4.69, 9.17) is 0 Å². The smallest absolute Gasteiger partial charge is 0.148 e. The summed E-state index contributed by atoms with van der Waals surface area (Å²) in [6.07, 6.45) is 3.76. The molecule has 0 bridgehead atoms. The van der Waals surface area contributed by atoms with Crippen LogP contribution in [0.1, 0.15) is 31.9 Å². The standard InChI is InChI=1S/C14H17N3/c1-10-13(17-14(2)8-5-9-14)16-12-7-4-3-6-11(12)15-10/h3-4,6-7H,5,8-9H2,1-2H3,(H,16,17). The van der Waals surface area contributed by atoms with Crippen molar-refractivity contribution >= 4 is 16.9 Å². The number of aromatic nitrogens is 2. The quantitative estimate of drug-likeness (QED) is 0.855. The van der Waals surface area contributed by atoms with Gasteiger partial charge in [0.15, 0.2) is 0 Å². The Bertz CT molecular complexity index is 558. The lowest BCUT2D eigenvalue weighted by atomic mass is 9.78. The molecule has 0 radical (unpaired) electrons. The summed E-state index contributed by atoms with van der Waals surface area (Å²) in [4.78, 5) is 9.26. The second-order valence-electron chi connectivity index (χ2n) is 5.19. The van der Waals surface area contributed by atoms with E-state index in [1.165, 1.54) is 19.3 Å². The average Bonchev–Trinajstić information content (AvgIpc) is 2.28. The molecule has 17 heavy (non-hydrogen) atoms. The minimum Gasteiger partial charge on any atom is -0.363 e. The third-order valence-corrected chi connectivity index (χ3v) is 3.62. The molecule has 3 nitrogen and oxygen atoms in total. The Labute approximate surface area is 101 Å². The molecule has 2 aromatic rings. The van der Waals surface area contributed by atoms with E-state index in [0.717, 1.165) is 22.5 Å². The molecule has 88 valence electrons. The minimum absolute atomic E-state index is 0.224. The summed E-state index contributed by atoms with van der Waals surface area (Å²) >= 11 is 0. The molecule has 1 N–H and O–H groups in total. The van der Waals surface area contributed by atoms with Gasteiger partial charge in [-0.15, -0.1) is 0 Å². The molecule has 1 saturated carbocycles. The maximum absolute atomic E-state index is 4.67. The third kappa shape index (κ3) is 1.86. The summed E-state index contributed by atoms with van der Waals surface area (Å²) in [5, 5.41) is 3.54. The molecule has 0 spiro atoms. The minimum atomic E-state index is 0.224. The van der Waals surface area contributed by atoms with E-state index in [1.807, 2.05) is 31.2 Å². The van der Waals surface area contributed by atoms with Crippen LogP contribution in [-0.2, 0) is 0 Å². The molecule has 1 aromatic carbocycles. The molecule has 3 heteroatoms. The number of nitrogens with zero attached hydrogens (tertiary/aromatic N) is 2. The van der Waals surface area contributed by atoms with Crippen molar-refractivity contribution in [3.05, 3.63) is 30.0 Å². The van der Waals surface area contributed by atoms with Gasteiger partial charge in [0, 0.05) is 5.54 Å². The number of benzene rings is 1. The summed E-state index contributed by atoms with van der Waals surface area (Å²) in [6, 6.07) is 8.01. The Balaban J connectivity index is 2.01. The predicted octanol–water partition coefficient (Wildman–Crippen LogP) is 3.29. The van der Waals surface area contributed by atoms with Crippen molar-refractivity contribution < 1.29 is 0 Å². The maximum Gasteiger partial charge on any atom is 0.148 e. The molecule has 0 amide bonds. The van der Waals surface area contributed by atoms with Crippen molar-refractivity contribution in [3.8, 4) is 0 Å². The van der Waals surface area contributed by atoms with Crippen molar-refractivity contribution in [3.63, 3.8) is 0 Å². The van der Waals surface area contributed by atoms with Crippen molar-refractivity contribution in [2.24, 2.45) is 0 Å². The monoisotopic (exact) mass is 227 g/mol. The number of nitrogens with one attached hydrogen (secondary N) is 1. The fraction of sp³-hybridized carbons (Fsp3) is 0.429. The van der Waals surface area contributed by atoms with Crippen LogP contribution in [0.2, 0.25) is 0 Å². The fourth-order valence-electron chi connectivity index (χ4n) is 2.32. The number of rotatable bonds is 2. The molecular formula is C14H17N3. The average molecular weight is 227 g/mol. The molecule has 0 aliphatic heterocycles. The first kappa shape index (κ1) is 10.5. The van der Waals surface area contributed by atoms with E-state index in [2.05, 4.69) is 22.2 Å². The molecule has 0 atom stereocenters. The van der Waals surface area contributed by atoms with Crippen molar-refractivity contribution in [1.29, 1.82) is 0 Å². The number of fused-ring (bicyclic) bond motifs is 1. The van der Waals surface area contributed by atoms with E-state index in [-0.39, 0.29) is 5.54 Å². The van der Waals surface area contributed by atoms with Crippen molar-refractivity contribution in [1.82, 2.24) is 9.97 Å². The van der Waals surface area contributed by atoms with Crippen LogP contribution in [0.15, 0.2) is 24.3 Å². The van der Waals surface area contributed by atoms with E-state index in [0.29, 0.717) is 0 Å². The predicted molar refractivity (Wildman–Crippen MR) is 70.2 cm³/mol. The summed E-state index contributed by atoms with van der Waals surface area (Å²) in [7, 11) is 0. The molecule has 1 aliphatic rings. The van der Waals surface area contributed by atoms with Crippen molar-refractivity contribution in [2.45, 2.75) is 38.6 Å². The number of aryl methyl sites for hydroxylation is 1. The second kappa shape index (κ2) is 3.69. The van der Waals surface area contributed by atoms with Gasteiger partial charge in [0.2, 0.25) is 0 Å². The number of para-hydroxylation sites is 2. The van der Waals surface area contributed by atoms with Gasteiger partial charge in [-0.3, -0.25) is 0 Å². The molecule has 1 fully saturated rings. The molecule has 1 aliphatic carbocycles. The Morgan fingerprint density at radius 3 is 2.35 bits per heavy atom. The first-order valence-corrected chi connectivity index (χ1v) is 6.18. The lowest BCUT2D eigenvalue weighted by molar-refractivity contribution is 0.305. The summed E-state index contributed by atoms with van der Waals surface area (Å²) in [6.45, 7) is 4.27. The molecule has 1 aromatic heterocycles. The molecule has 1 heterocycles. The van der Waals surface area contributed by atoms with Gasteiger partial charge in [-0.25, -0.2) is 9.97 Å². The highest BCUT2D eigenvalue weighted by molar-refractivity contribution is 5.76. The Hall–Kier alpha value is -1.64. The van der Waals surface area contributed by atoms with Gasteiger partial charge in [0.05, 0.1) is 16.7 Å². The number of hydrogen-bond donors (Lipinski definition) is 1. The Kier molecular flexibility index (Phi) is 2.28. The maximum atomic E-state index is 4.67. The van der Waals surface area contributed by atoms with Gasteiger partial charge in [0.1, 0.15) is 5.82 Å². The largest absolute Gasteiger partial charge is 0.363 e. The van der Waals surface area contributed by atoms with E-state index in [9.17, 15) is 0 Å². The summed E-state index contributed by atoms with van der Waals surface area (Å²) in [5.41, 5.74) is 3.14. The van der Waals surface area contributed by atoms with Crippen LogP contribution in [0.25, 0.3) is 11.0 Å². The van der Waals surface area contributed by atoms with E-state index >= 15 is 0 Å². The van der Waals surface area contributed by atoms with Crippen LogP contribution in [-0.4, -0.2) is 15.5 Å². The van der Waals surface area contributed by atoms with Gasteiger partial charge in [-0.1, -0.05) is 12.1 Å². The zero-order valence-electron chi connectivity index (χ0n) is 10.3. The second-order valence-corrected chi connectivity index (χ2v) is 5.19. The van der Waals surface area contributed by atoms with Crippen LogP contribution in [0.3, 0.4) is 0 Å². The lowest BCUT2D eigenvalue weighted by Gasteiger charge is -2.39. The normalized spacial score (nSPS) is 17.8. The van der Waals surface area contributed by atoms with Gasteiger partial charge >= 0.3 is 0 Å². The first-order chi connectivity index (χ1) is 8.16. The number of hydrogen-bond acceptors (Lipinski definition) is 3. The van der Waals surface area contributed by atoms with Gasteiger partial charge in [-0.2, -0.15) is 0 Å². The van der Waals surface area contributed by atoms with Crippen LogP contribution in [0.4, 0.5) is 5.82 Å². The van der Waals surface area contributed by atoms with Crippen LogP contribution >= 0.6 is 0 Å². The third-order valence-electron chi connectivity index (χ3n) is 3.62. The highest BCUT2D eigenvalue weighted by Crippen LogP contribution is 2.34. The van der Waals surface area contributed by atoms with Gasteiger partial charge in [-0.05, 0) is 45.2 Å². The first-order valence-electron chi connectivity index (χ1n) is 6.18. The lowest BCUT2D eigenvalue weighted by Crippen LogP contribution is -2.42. The summed E-state index contributed by atoms with van der Waals surface area (Å²) in [5.74, 6) is 0.936. The van der Waals surface area contributed by atoms with Crippen LogP contribution < -0.4 is 5.32 Å². The van der Waals surface area contributed by atoms with Gasteiger partial charge < -0.3 is 5.32 Å².